The van der Waals surface area contributed by atoms with Crippen LogP contribution in [-0.4, -0.2) is 36.5 Å². The summed E-state index contributed by atoms with van der Waals surface area (Å²) in [6.07, 6.45) is 5.03. The van der Waals surface area contributed by atoms with Crippen LogP contribution in [0.2, 0.25) is 0 Å². The monoisotopic (exact) mass is 239 g/mol. The molecule has 1 unspecified atom stereocenters. The molecule has 1 atom stereocenters. The Morgan fingerprint density at radius 3 is 2.41 bits per heavy atom. The van der Waals surface area contributed by atoms with E-state index in [1.807, 2.05) is 20.8 Å². The molecule has 5 heteroatoms. The third-order valence-corrected chi connectivity index (χ3v) is 1.78. The van der Waals surface area contributed by atoms with Crippen molar-refractivity contribution in [1.29, 1.82) is 0 Å². The molecule has 2 amide bonds. The molecule has 0 aromatic carbocycles. The van der Waals surface area contributed by atoms with Gasteiger partial charge in [0.2, 0.25) is 11.8 Å². The lowest BCUT2D eigenvalue weighted by Crippen LogP contribution is -2.52. The lowest BCUT2D eigenvalue weighted by atomic mass is 10.1. The standard InChI is InChI=1S/C12H21N3O2/c1-6-7-13-8-10(16)14-9(2)11(17)15-12(3,4)5/h1,9,13H,7-8H2,2-5H3,(H,14,16)(H,15,17). The molecule has 17 heavy (non-hydrogen) atoms. The van der Waals surface area contributed by atoms with Gasteiger partial charge in [-0.05, 0) is 27.7 Å². The van der Waals surface area contributed by atoms with E-state index in [-0.39, 0.29) is 23.9 Å². The largest absolute Gasteiger partial charge is 0.350 e. The van der Waals surface area contributed by atoms with E-state index in [1.165, 1.54) is 0 Å². The first kappa shape index (κ1) is 15.5. The molecular weight excluding hydrogens is 218 g/mol. The minimum Gasteiger partial charge on any atom is -0.350 e. The minimum absolute atomic E-state index is 0.108. The van der Waals surface area contributed by atoms with Crippen LogP contribution in [0.5, 0.6) is 0 Å². The van der Waals surface area contributed by atoms with Crippen molar-refractivity contribution in [2.75, 3.05) is 13.1 Å². The molecule has 0 radical (unpaired) electrons. The lowest BCUT2D eigenvalue weighted by molar-refractivity contribution is -0.129. The minimum atomic E-state index is -0.561. The van der Waals surface area contributed by atoms with E-state index in [0.717, 1.165) is 0 Å². The predicted octanol–water partition coefficient (Wildman–Crippen LogP) is -0.371. The van der Waals surface area contributed by atoms with Gasteiger partial charge < -0.3 is 10.6 Å². The average molecular weight is 239 g/mol. The summed E-state index contributed by atoms with van der Waals surface area (Å²) in [4.78, 5) is 23.0. The van der Waals surface area contributed by atoms with Gasteiger partial charge in [-0.15, -0.1) is 6.42 Å². The molecule has 0 saturated carbocycles. The summed E-state index contributed by atoms with van der Waals surface area (Å²) in [5, 5.41) is 8.11. The number of carbonyl (C=O) groups excluding carboxylic acids is 2. The van der Waals surface area contributed by atoms with Crippen LogP contribution in [0.25, 0.3) is 0 Å². The molecule has 0 heterocycles. The quantitative estimate of drug-likeness (QED) is 0.453. The van der Waals surface area contributed by atoms with Crippen LogP contribution in [0, 0.1) is 12.3 Å². The van der Waals surface area contributed by atoms with Crippen LogP contribution >= 0.6 is 0 Å². The van der Waals surface area contributed by atoms with E-state index in [4.69, 9.17) is 6.42 Å². The molecule has 0 aromatic heterocycles. The van der Waals surface area contributed by atoms with Crippen LogP contribution in [0.4, 0.5) is 0 Å². The van der Waals surface area contributed by atoms with Gasteiger partial charge >= 0.3 is 0 Å². The molecule has 0 rings (SSSR count). The maximum absolute atomic E-state index is 11.6. The maximum Gasteiger partial charge on any atom is 0.242 e. The first-order valence-corrected chi connectivity index (χ1v) is 5.52. The van der Waals surface area contributed by atoms with Crippen molar-refractivity contribution in [3.8, 4) is 12.3 Å². The van der Waals surface area contributed by atoms with Gasteiger partial charge in [0, 0.05) is 5.54 Å². The van der Waals surface area contributed by atoms with E-state index < -0.39 is 6.04 Å². The SMILES string of the molecule is C#CCNCC(=O)NC(C)C(=O)NC(C)(C)C. The summed E-state index contributed by atoms with van der Waals surface area (Å²) in [6, 6.07) is -0.561. The molecule has 5 nitrogen and oxygen atoms in total. The third-order valence-electron chi connectivity index (χ3n) is 1.78. The predicted molar refractivity (Wildman–Crippen MR) is 67.2 cm³/mol. The summed E-state index contributed by atoms with van der Waals surface area (Å²) >= 11 is 0. The first-order chi connectivity index (χ1) is 7.76. The summed E-state index contributed by atoms with van der Waals surface area (Å²) < 4.78 is 0. The number of nitrogens with one attached hydrogen (secondary N) is 3. The molecule has 0 aromatic rings. The third kappa shape index (κ3) is 8.29. The fourth-order valence-electron chi connectivity index (χ4n) is 1.08. The Balaban J connectivity index is 4.00. The van der Waals surface area contributed by atoms with E-state index >= 15 is 0 Å². The molecule has 0 spiro atoms. The van der Waals surface area contributed by atoms with Crippen LogP contribution < -0.4 is 16.0 Å². The Morgan fingerprint density at radius 1 is 1.35 bits per heavy atom. The number of carbonyl (C=O) groups is 2. The van der Waals surface area contributed by atoms with E-state index in [0.29, 0.717) is 6.54 Å². The molecule has 0 aliphatic rings. The highest BCUT2D eigenvalue weighted by Gasteiger charge is 2.20. The first-order valence-electron chi connectivity index (χ1n) is 5.52. The lowest BCUT2D eigenvalue weighted by Gasteiger charge is -2.23. The van der Waals surface area contributed by atoms with E-state index in [1.54, 1.807) is 6.92 Å². The van der Waals surface area contributed by atoms with E-state index in [9.17, 15) is 9.59 Å². The zero-order valence-corrected chi connectivity index (χ0v) is 10.9. The summed E-state index contributed by atoms with van der Waals surface area (Å²) in [5.74, 6) is 1.90. The average Bonchev–Trinajstić information content (AvgIpc) is 2.15. The normalized spacial score (nSPS) is 12.4. The van der Waals surface area contributed by atoms with E-state index in [2.05, 4.69) is 21.9 Å². The summed E-state index contributed by atoms with van der Waals surface area (Å²) in [6.45, 7) is 7.73. The van der Waals surface area contributed by atoms with Gasteiger partial charge in [-0.25, -0.2) is 0 Å². The van der Waals surface area contributed by atoms with Crippen LogP contribution in [0.3, 0.4) is 0 Å². The zero-order chi connectivity index (χ0) is 13.5. The Hall–Kier alpha value is -1.54. The zero-order valence-electron chi connectivity index (χ0n) is 10.9. The fraction of sp³-hybridized carbons (Fsp3) is 0.667. The number of rotatable bonds is 5. The van der Waals surface area contributed by atoms with Gasteiger partial charge in [0.15, 0.2) is 0 Å². The maximum atomic E-state index is 11.6. The highest BCUT2D eigenvalue weighted by molar-refractivity contribution is 5.88. The Bertz CT molecular complexity index is 313. The molecule has 96 valence electrons. The van der Waals surface area contributed by atoms with Gasteiger partial charge in [0.25, 0.3) is 0 Å². The van der Waals surface area contributed by atoms with Crippen molar-refractivity contribution in [2.45, 2.75) is 39.3 Å². The summed E-state index contributed by atoms with van der Waals surface area (Å²) in [5.41, 5.74) is -0.308. The number of terminal acetylenes is 1. The highest BCUT2D eigenvalue weighted by atomic mass is 16.2. The van der Waals surface area contributed by atoms with Crippen molar-refractivity contribution in [3.05, 3.63) is 0 Å². The summed E-state index contributed by atoms with van der Waals surface area (Å²) in [7, 11) is 0. The smallest absolute Gasteiger partial charge is 0.242 e. The highest BCUT2D eigenvalue weighted by Crippen LogP contribution is 1.99. The fourth-order valence-corrected chi connectivity index (χ4v) is 1.08. The molecule has 0 bridgehead atoms. The second kappa shape index (κ2) is 6.92. The molecule has 0 aliphatic heterocycles. The van der Waals surface area contributed by atoms with Crippen LogP contribution in [0.1, 0.15) is 27.7 Å². The molecule has 0 saturated heterocycles. The second-order valence-corrected chi connectivity index (χ2v) is 4.84. The number of amides is 2. The van der Waals surface area contributed by atoms with Crippen molar-refractivity contribution < 1.29 is 9.59 Å². The van der Waals surface area contributed by atoms with Gasteiger partial charge in [0.1, 0.15) is 6.04 Å². The van der Waals surface area contributed by atoms with Crippen LogP contribution in [0.15, 0.2) is 0 Å². The van der Waals surface area contributed by atoms with Gasteiger partial charge in [-0.1, -0.05) is 5.92 Å². The molecule has 0 fully saturated rings. The Kier molecular flexibility index (Phi) is 6.29. The van der Waals surface area contributed by atoms with Crippen LogP contribution in [-0.2, 0) is 9.59 Å². The van der Waals surface area contributed by atoms with Gasteiger partial charge in [0.05, 0.1) is 13.1 Å². The van der Waals surface area contributed by atoms with Crippen molar-refractivity contribution >= 4 is 11.8 Å². The topological polar surface area (TPSA) is 70.2 Å². The molecular formula is C12H21N3O2. The Morgan fingerprint density at radius 2 is 1.94 bits per heavy atom. The number of hydrogen-bond acceptors (Lipinski definition) is 3. The molecule has 0 aliphatic carbocycles. The molecule has 3 N–H and O–H groups in total. The Labute approximate surface area is 103 Å². The van der Waals surface area contributed by atoms with Gasteiger partial charge in [-0.3, -0.25) is 14.9 Å². The van der Waals surface area contributed by atoms with Gasteiger partial charge in [-0.2, -0.15) is 0 Å². The van der Waals surface area contributed by atoms with Crippen molar-refractivity contribution in [2.24, 2.45) is 0 Å². The number of hydrogen-bond donors (Lipinski definition) is 3. The van der Waals surface area contributed by atoms with Crippen molar-refractivity contribution in [1.82, 2.24) is 16.0 Å². The van der Waals surface area contributed by atoms with Crippen molar-refractivity contribution in [3.63, 3.8) is 0 Å². The second-order valence-electron chi connectivity index (χ2n) is 4.84.